The molecule has 0 spiro atoms. The molecule has 0 saturated carbocycles. The number of piperidine rings is 1. The summed E-state index contributed by atoms with van der Waals surface area (Å²) < 4.78 is 5.17. The Labute approximate surface area is 125 Å². The van der Waals surface area contributed by atoms with Crippen molar-refractivity contribution in [2.45, 2.75) is 43.8 Å². The van der Waals surface area contributed by atoms with E-state index in [1.165, 1.54) is 12.8 Å². The van der Waals surface area contributed by atoms with Gasteiger partial charge in [0, 0.05) is 23.7 Å². The fourth-order valence-corrected chi connectivity index (χ4v) is 3.65. The highest BCUT2D eigenvalue weighted by Crippen LogP contribution is 2.34. The van der Waals surface area contributed by atoms with E-state index in [2.05, 4.69) is 17.3 Å². The lowest BCUT2D eigenvalue weighted by atomic mass is 9.97. The molecule has 2 aliphatic rings. The van der Waals surface area contributed by atoms with Gasteiger partial charge in [0.2, 0.25) is 0 Å². The molecular formula is C16H23N3O2. The summed E-state index contributed by atoms with van der Waals surface area (Å²) in [6.07, 6.45) is 4.60. The summed E-state index contributed by atoms with van der Waals surface area (Å²) >= 11 is 0. The molecule has 3 N–H and O–H groups in total. The molecule has 0 radical (unpaired) electrons. The number of nitrogens with zero attached hydrogens (tertiary/aromatic N) is 1. The Hall–Kier alpha value is -1.75. The minimum Gasteiger partial charge on any atom is -0.495 e. The molecule has 2 fully saturated rings. The van der Waals surface area contributed by atoms with Gasteiger partial charge in [0.25, 0.3) is 5.91 Å². The molecule has 1 aromatic rings. The van der Waals surface area contributed by atoms with Crippen LogP contribution in [0, 0.1) is 0 Å². The number of carbonyl (C=O) groups excluding carboxylic acids is 1. The van der Waals surface area contributed by atoms with Gasteiger partial charge in [-0.2, -0.15) is 0 Å². The predicted molar refractivity (Wildman–Crippen MR) is 82.5 cm³/mol. The lowest BCUT2D eigenvalue weighted by molar-refractivity contribution is 0.0882. The third-order valence-corrected chi connectivity index (χ3v) is 4.93. The van der Waals surface area contributed by atoms with Gasteiger partial charge in [-0.25, -0.2) is 0 Å². The summed E-state index contributed by atoms with van der Waals surface area (Å²) in [6.45, 7) is 0. The Kier molecular flexibility index (Phi) is 3.76. The third-order valence-electron chi connectivity index (χ3n) is 4.93. The summed E-state index contributed by atoms with van der Waals surface area (Å²) in [5, 5.41) is 3.17. The number of amides is 1. The molecule has 114 valence electrons. The quantitative estimate of drug-likeness (QED) is 0.830. The van der Waals surface area contributed by atoms with Crippen LogP contribution in [-0.4, -0.2) is 43.1 Å². The van der Waals surface area contributed by atoms with E-state index >= 15 is 0 Å². The number of rotatable bonds is 3. The van der Waals surface area contributed by atoms with Crippen molar-refractivity contribution in [3.63, 3.8) is 0 Å². The maximum atomic E-state index is 12.4. The van der Waals surface area contributed by atoms with Crippen molar-refractivity contribution in [2.75, 3.05) is 19.9 Å². The fraction of sp³-hybridized carbons (Fsp3) is 0.562. The van der Waals surface area contributed by atoms with Crippen LogP contribution in [0.15, 0.2) is 18.2 Å². The molecule has 1 amide bonds. The van der Waals surface area contributed by atoms with Crippen molar-refractivity contribution < 1.29 is 9.53 Å². The number of anilines is 1. The first kappa shape index (κ1) is 14.2. The molecule has 0 aromatic heterocycles. The highest BCUT2D eigenvalue weighted by Gasteiger charge is 2.38. The molecule has 5 heteroatoms. The number of nitrogens with one attached hydrogen (secondary N) is 1. The summed E-state index contributed by atoms with van der Waals surface area (Å²) in [5.41, 5.74) is 6.93. The first-order valence-electron chi connectivity index (χ1n) is 7.54. The van der Waals surface area contributed by atoms with E-state index in [-0.39, 0.29) is 11.9 Å². The zero-order chi connectivity index (χ0) is 15.0. The molecule has 5 nitrogen and oxygen atoms in total. The normalized spacial score (nSPS) is 28.4. The second-order valence-corrected chi connectivity index (χ2v) is 6.15. The highest BCUT2D eigenvalue weighted by molar-refractivity contribution is 5.95. The van der Waals surface area contributed by atoms with Crippen LogP contribution in [0.2, 0.25) is 0 Å². The van der Waals surface area contributed by atoms with Crippen LogP contribution in [0.3, 0.4) is 0 Å². The fourth-order valence-electron chi connectivity index (χ4n) is 3.65. The molecule has 2 atom stereocenters. The van der Waals surface area contributed by atoms with Gasteiger partial charge in [0.05, 0.1) is 12.8 Å². The molecular weight excluding hydrogens is 266 g/mol. The Morgan fingerprint density at radius 3 is 2.62 bits per heavy atom. The average molecular weight is 289 g/mol. The van der Waals surface area contributed by atoms with E-state index < -0.39 is 0 Å². The Balaban J connectivity index is 1.67. The van der Waals surface area contributed by atoms with Crippen LogP contribution in [0.25, 0.3) is 0 Å². The number of fused-ring (bicyclic) bond motifs is 2. The van der Waals surface area contributed by atoms with Crippen LogP contribution in [0.4, 0.5) is 5.69 Å². The van der Waals surface area contributed by atoms with Gasteiger partial charge >= 0.3 is 0 Å². The van der Waals surface area contributed by atoms with Gasteiger partial charge in [-0.1, -0.05) is 0 Å². The van der Waals surface area contributed by atoms with E-state index in [9.17, 15) is 4.79 Å². The second kappa shape index (κ2) is 5.56. The van der Waals surface area contributed by atoms with Gasteiger partial charge in [-0.3, -0.25) is 4.79 Å². The third kappa shape index (κ3) is 2.70. The van der Waals surface area contributed by atoms with Gasteiger partial charge in [-0.05, 0) is 50.9 Å². The van der Waals surface area contributed by atoms with Crippen molar-refractivity contribution in [1.82, 2.24) is 10.2 Å². The molecule has 2 saturated heterocycles. The van der Waals surface area contributed by atoms with E-state index in [0.29, 0.717) is 29.1 Å². The van der Waals surface area contributed by atoms with E-state index in [1.54, 1.807) is 25.3 Å². The van der Waals surface area contributed by atoms with Crippen LogP contribution < -0.4 is 15.8 Å². The zero-order valence-electron chi connectivity index (χ0n) is 12.6. The number of methoxy groups -OCH3 is 1. The maximum Gasteiger partial charge on any atom is 0.251 e. The van der Waals surface area contributed by atoms with Crippen molar-refractivity contribution >= 4 is 11.6 Å². The zero-order valence-corrected chi connectivity index (χ0v) is 12.6. The minimum absolute atomic E-state index is 0.0396. The van der Waals surface area contributed by atoms with Crippen molar-refractivity contribution in [3.8, 4) is 5.75 Å². The van der Waals surface area contributed by atoms with Crippen molar-refractivity contribution in [1.29, 1.82) is 0 Å². The minimum atomic E-state index is -0.0396. The summed E-state index contributed by atoms with van der Waals surface area (Å²) in [5.74, 6) is 0.508. The number of nitrogen functional groups attached to an aromatic ring is 1. The Morgan fingerprint density at radius 1 is 1.33 bits per heavy atom. The standard InChI is InChI=1S/C16H23N3O2/c1-19-12-4-5-13(19)9-11(8-12)18-16(20)10-3-6-14(17)15(7-10)21-2/h3,6-7,11-13H,4-5,8-9,17H2,1-2H3,(H,18,20). The van der Waals surface area contributed by atoms with Gasteiger partial charge < -0.3 is 20.7 Å². The van der Waals surface area contributed by atoms with E-state index in [4.69, 9.17) is 10.5 Å². The smallest absolute Gasteiger partial charge is 0.251 e. The van der Waals surface area contributed by atoms with Gasteiger partial charge in [0.1, 0.15) is 5.75 Å². The molecule has 1 aromatic carbocycles. The number of hydrogen-bond donors (Lipinski definition) is 2. The lowest BCUT2D eigenvalue weighted by Crippen LogP contribution is -2.48. The van der Waals surface area contributed by atoms with Crippen LogP contribution in [0.1, 0.15) is 36.0 Å². The first-order valence-corrected chi connectivity index (χ1v) is 7.54. The van der Waals surface area contributed by atoms with Crippen molar-refractivity contribution in [2.24, 2.45) is 0 Å². The summed E-state index contributed by atoms with van der Waals surface area (Å²) in [4.78, 5) is 14.9. The van der Waals surface area contributed by atoms with Crippen molar-refractivity contribution in [3.05, 3.63) is 23.8 Å². The predicted octanol–water partition coefficient (Wildman–Crippen LogP) is 1.63. The van der Waals surface area contributed by atoms with Gasteiger partial charge in [-0.15, -0.1) is 0 Å². The Morgan fingerprint density at radius 2 is 2.00 bits per heavy atom. The number of benzene rings is 1. The highest BCUT2D eigenvalue weighted by atomic mass is 16.5. The van der Waals surface area contributed by atoms with Crippen LogP contribution >= 0.6 is 0 Å². The summed E-state index contributed by atoms with van der Waals surface area (Å²) in [7, 11) is 3.76. The molecule has 2 aliphatic heterocycles. The molecule has 0 aliphatic carbocycles. The Bertz CT molecular complexity index is 532. The second-order valence-electron chi connectivity index (χ2n) is 6.15. The molecule has 2 unspecified atom stereocenters. The largest absolute Gasteiger partial charge is 0.495 e. The van der Waals surface area contributed by atoms with E-state index in [0.717, 1.165) is 12.8 Å². The van der Waals surface area contributed by atoms with Crippen LogP contribution in [0.5, 0.6) is 5.75 Å². The monoisotopic (exact) mass is 289 g/mol. The topological polar surface area (TPSA) is 67.6 Å². The maximum absolute atomic E-state index is 12.4. The molecule has 3 rings (SSSR count). The summed E-state index contributed by atoms with van der Waals surface area (Å²) in [6, 6.07) is 6.68. The number of hydrogen-bond acceptors (Lipinski definition) is 4. The van der Waals surface area contributed by atoms with Crippen LogP contribution in [-0.2, 0) is 0 Å². The number of carbonyl (C=O) groups is 1. The number of nitrogens with two attached hydrogens (primary N) is 1. The lowest BCUT2D eigenvalue weighted by Gasteiger charge is -2.36. The SMILES string of the molecule is COc1cc(C(=O)NC2CC3CCC(C2)N3C)ccc1N. The number of ether oxygens (including phenoxy) is 1. The molecule has 21 heavy (non-hydrogen) atoms. The molecule has 2 heterocycles. The first-order chi connectivity index (χ1) is 10.1. The average Bonchev–Trinajstić information content (AvgIpc) is 2.70. The van der Waals surface area contributed by atoms with Gasteiger partial charge in [0.15, 0.2) is 0 Å². The molecule has 2 bridgehead atoms. The van der Waals surface area contributed by atoms with E-state index in [1.807, 2.05) is 0 Å².